The van der Waals surface area contributed by atoms with E-state index in [1.165, 1.54) is 13.3 Å². The van der Waals surface area contributed by atoms with Crippen molar-refractivity contribution < 1.29 is 27.5 Å². The number of benzene rings is 3. The Kier molecular flexibility index (Phi) is 9.44. The Balaban J connectivity index is 1.52. The number of anilines is 2. The largest absolute Gasteiger partial charge is 0.495 e. The summed E-state index contributed by atoms with van der Waals surface area (Å²) in [6, 6.07) is 19.2. The second kappa shape index (κ2) is 12.7. The van der Waals surface area contributed by atoms with Crippen LogP contribution in [0.2, 0.25) is 0 Å². The number of rotatable bonds is 11. The van der Waals surface area contributed by atoms with Gasteiger partial charge in [-0.3, -0.25) is 13.9 Å². The lowest BCUT2D eigenvalue weighted by atomic mass is 10.1. The number of carbonyl (C=O) groups is 2. The number of nitrogens with zero attached hydrogens (tertiary/aromatic N) is 2. The maximum absolute atomic E-state index is 12.4. The molecular weight excluding hydrogens is 508 g/mol. The van der Waals surface area contributed by atoms with E-state index < -0.39 is 22.5 Å². The molecule has 10 nitrogen and oxygen atoms in total. The standard InChI is InChI=1S/C27H30N4O6S/c1-19-9-10-20(2)24(15-19)31(38(4,34)35)17-26(32)30-28-16-21-11-13-22(14-12-21)37-18-27(33)29-23-7-5-6-8-25(23)36-3/h5-16H,17-18H2,1-4H3,(H,29,33)(H,30,32)/b28-16-. The number of para-hydroxylation sites is 2. The van der Waals surface area contributed by atoms with Crippen LogP contribution in [0.5, 0.6) is 11.5 Å². The van der Waals surface area contributed by atoms with Gasteiger partial charge >= 0.3 is 0 Å². The predicted molar refractivity (Wildman–Crippen MR) is 147 cm³/mol. The molecule has 200 valence electrons. The summed E-state index contributed by atoms with van der Waals surface area (Å²) in [5.74, 6) is 0.0880. The molecule has 0 saturated carbocycles. The van der Waals surface area contributed by atoms with Crippen LogP contribution in [-0.4, -0.2) is 53.0 Å². The zero-order valence-corrected chi connectivity index (χ0v) is 22.4. The smallest absolute Gasteiger partial charge is 0.262 e. The van der Waals surface area contributed by atoms with Gasteiger partial charge in [-0.05, 0) is 73.0 Å². The van der Waals surface area contributed by atoms with Gasteiger partial charge in [-0.2, -0.15) is 5.10 Å². The Morgan fingerprint density at radius 2 is 1.71 bits per heavy atom. The number of amides is 2. The van der Waals surface area contributed by atoms with Crippen molar-refractivity contribution in [1.82, 2.24) is 5.43 Å². The molecule has 38 heavy (non-hydrogen) atoms. The number of sulfonamides is 1. The number of ether oxygens (including phenoxy) is 2. The van der Waals surface area contributed by atoms with E-state index in [2.05, 4.69) is 15.8 Å². The molecule has 0 atom stereocenters. The van der Waals surface area contributed by atoms with Gasteiger partial charge in [0.25, 0.3) is 11.8 Å². The van der Waals surface area contributed by atoms with E-state index in [9.17, 15) is 18.0 Å². The topological polar surface area (TPSA) is 126 Å². The van der Waals surface area contributed by atoms with Crippen LogP contribution in [0, 0.1) is 13.8 Å². The van der Waals surface area contributed by atoms with Crippen molar-refractivity contribution in [3.63, 3.8) is 0 Å². The fourth-order valence-electron chi connectivity index (χ4n) is 3.45. The van der Waals surface area contributed by atoms with Gasteiger partial charge in [0.1, 0.15) is 18.0 Å². The van der Waals surface area contributed by atoms with Crippen LogP contribution in [0.15, 0.2) is 71.8 Å². The molecule has 0 saturated heterocycles. The third kappa shape index (κ3) is 8.07. The summed E-state index contributed by atoms with van der Waals surface area (Å²) in [5.41, 5.74) is 5.61. The average molecular weight is 539 g/mol. The SMILES string of the molecule is COc1ccccc1NC(=O)COc1ccc(/C=N\NC(=O)CN(c2cc(C)ccc2C)S(C)(=O)=O)cc1. The molecule has 3 aromatic rings. The Bertz CT molecular complexity index is 1420. The fraction of sp³-hybridized carbons (Fsp3) is 0.222. The molecule has 0 bridgehead atoms. The molecule has 0 aromatic heterocycles. The van der Waals surface area contributed by atoms with Crippen molar-refractivity contribution in [2.45, 2.75) is 13.8 Å². The Morgan fingerprint density at radius 3 is 2.39 bits per heavy atom. The van der Waals surface area contributed by atoms with Crippen LogP contribution < -0.4 is 24.5 Å². The number of methoxy groups -OCH3 is 1. The summed E-state index contributed by atoms with van der Waals surface area (Å²) in [7, 11) is -2.17. The molecule has 2 N–H and O–H groups in total. The Hall–Kier alpha value is -4.38. The van der Waals surface area contributed by atoms with E-state index in [1.807, 2.05) is 13.0 Å². The molecule has 0 heterocycles. The highest BCUT2D eigenvalue weighted by atomic mass is 32.2. The van der Waals surface area contributed by atoms with Gasteiger partial charge in [-0.1, -0.05) is 24.3 Å². The van der Waals surface area contributed by atoms with Crippen molar-refractivity contribution in [2.24, 2.45) is 5.10 Å². The molecule has 3 aromatic carbocycles. The zero-order chi connectivity index (χ0) is 27.7. The highest BCUT2D eigenvalue weighted by molar-refractivity contribution is 7.92. The summed E-state index contributed by atoms with van der Waals surface area (Å²) in [6.45, 7) is 3.02. The minimum atomic E-state index is -3.70. The Morgan fingerprint density at radius 1 is 1.00 bits per heavy atom. The van der Waals surface area contributed by atoms with E-state index in [1.54, 1.807) is 67.6 Å². The monoisotopic (exact) mass is 538 g/mol. The van der Waals surface area contributed by atoms with E-state index in [0.717, 1.165) is 21.7 Å². The van der Waals surface area contributed by atoms with Gasteiger partial charge in [0.05, 0.1) is 31.0 Å². The second-order valence-electron chi connectivity index (χ2n) is 8.46. The first-order chi connectivity index (χ1) is 18.1. The third-order valence-corrected chi connectivity index (χ3v) is 6.48. The first-order valence-electron chi connectivity index (χ1n) is 11.6. The number of hydrogen-bond donors (Lipinski definition) is 2. The van der Waals surface area contributed by atoms with Crippen molar-refractivity contribution in [2.75, 3.05) is 36.1 Å². The van der Waals surface area contributed by atoms with Gasteiger partial charge in [-0.25, -0.2) is 13.8 Å². The molecular formula is C27H30N4O6S. The lowest BCUT2D eigenvalue weighted by Gasteiger charge is -2.23. The summed E-state index contributed by atoms with van der Waals surface area (Å²) in [5, 5.41) is 6.64. The van der Waals surface area contributed by atoms with E-state index >= 15 is 0 Å². The average Bonchev–Trinajstić information content (AvgIpc) is 2.88. The molecule has 0 aliphatic rings. The number of nitrogens with one attached hydrogen (secondary N) is 2. The summed E-state index contributed by atoms with van der Waals surface area (Å²) >= 11 is 0. The van der Waals surface area contributed by atoms with Gasteiger partial charge < -0.3 is 14.8 Å². The number of hydrazone groups is 1. The van der Waals surface area contributed by atoms with Crippen LogP contribution >= 0.6 is 0 Å². The first kappa shape index (κ1) is 28.2. The van der Waals surface area contributed by atoms with E-state index in [-0.39, 0.29) is 12.5 Å². The maximum Gasteiger partial charge on any atom is 0.262 e. The highest BCUT2D eigenvalue weighted by Crippen LogP contribution is 2.24. The van der Waals surface area contributed by atoms with Crippen LogP contribution in [-0.2, 0) is 19.6 Å². The van der Waals surface area contributed by atoms with Crippen molar-refractivity contribution >= 4 is 39.4 Å². The lowest BCUT2D eigenvalue weighted by molar-refractivity contribution is -0.119. The Labute approximate surface area is 222 Å². The van der Waals surface area contributed by atoms with Crippen molar-refractivity contribution in [1.29, 1.82) is 0 Å². The predicted octanol–water partition coefficient (Wildman–Crippen LogP) is 3.25. The molecule has 2 amide bonds. The summed E-state index contributed by atoms with van der Waals surface area (Å²) in [4.78, 5) is 24.6. The van der Waals surface area contributed by atoms with Crippen LogP contribution in [0.3, 0.4) is 0 Å². The number of carbonyl (C=O) groups excluding carboxylic acids is 2. The van der Waals surface area contributed by atoms with Gasteiger partial charge in [0.2, 0.25) is 10.0 Å². The lowest BCUT2D eigenvalue weighted by Crippen LogP contribution is -2.39. The third-order valence-electron chi connectivity index (χ3n) is 5.35. The highest BCUT2D eigenvalue weighted by Gasteiger charge is 2.22. The van der Waals surface area contributed by atoms with Gasteiger partial charge in [-0.15, -0.1) is 0 Å². The molecule has 0 aliphatic carbocycles. The maximum atomic E-state index is 12.4. The molecule has 0 radical (unpaired) electrons. The van der Waals surface area contributed by atoms with E-state index in [0.29, 0.717) is 28.4 Å². The normalized spacial score (nSPS) is 11.2. The summed E-state index contributed by atoms with van der Waals surface area (Å²) < 4.78 is 36.5. The molecule has 0 aliphatic heterocycles. The molecule has 0 unspecified atom stereocenters. The molecule has 0 fully saturated rings. The summed E-state index contributed by atoms with van der Waals surface area (Å²) in [6.07, 6.45) is 2.47. The minimum absolute atomic E-state index is 0.196. The molecule has 0 spiro atoms. The van der Waals surface area contributed by atoms with Crippen molar-refractivity contribution in [3.05, 3.63) is 83.4 Å². The van der Waals surface area contributed by atoms with Crippen LogP contribution in [0.1, 0.15) is 16.7 Å². The molecule has 3 rings (SSSR count). The zero-order valence-electron chi connectivity index (χ0n) is 21.6. The van der Waals surface area contributed by atoms with Gasteiger partial charge in [0.15, 0.2) is 6.61 Å². The van der Waals surface area contributed by atoms with Gasteiger partial charge in [0, 0.05) is 0 Å². The minimum Gasteiger partial charge on any atom is -0.495 e. The molecule has 11 heteroatoms. The van der Waals surface area contributed by atoms with Crippen molar-refractivity contribution in [3.8, 4) is 11.5 Å². The van der Waals surface area contributed by atoms with E-state index in [4.69, 9.17) is 9.47 Å². The number of hydrogen-bond acceptors (Lipinski definition) is 7. The first-order valence-corrected chi connectivity index (χ1v) is 13.4. The quantitative estimate of drug-likeness (QED) is 0.285. The van der Waals surface area contributed by atoms with Crippen LogP contribution in [0.25, 0.3) is 0 Å². The van der Waals surface area contributed by atoms with Crippen LogP contribution in [0.4, 0.5) is 11.4 Å². The number of aryl methyl sites for hydroxylation is 2. The fourth-order valence-corrected chi connectivity index (χ4v) is 4.35. The second-order valence-corrected chi connectivity index (χ2v) is 10.4.